The Morgan fingerprint density at radius 1 is 1.05 bits per heavy atom. The molecule has 39 heavy (non-hydrogen) atoms. The molecule has 2 heterocycles. The number of aromatic nitrogens is 3. The van der Waals surface area contributed by atoms with Gasteiger partial charge in [-0.05, 0) is 42.0 Å². The summed E-state index contributed by atoms with van der Waals surface area (Å²) in [5.74, 6) is 0.419. The van der Waals surface area contributed by atoms with Gasteiger partial charge in [0.05, 0.1) is 17.0 Å². The minimum atomic E-state index is -0.315. The van der Waals surface area contributed by atoms with Crippen LogP contribution >= 0.6 is 46.6 Å². The number of benzene rings is 3. The summed E-state index contributed by atoms with van der Waals surface area (Å²) >= 11 is 19.1. The van der Waals surface area contributed by atoms with Crippen LogP contribution in [-0.2, 0) is 17.9 Å². The van der Waals surface area contributed by atoms with Gasteiger partial charge < -0.3 is 13.7 Å². The van der Waals surface area contributed by atoms with Crippen LogP contribution in [0.1, 0.15) is 17.0 Å². The van der Waals surface area contributed by atoms with Crippen LogP contribution < -0.4 is 10.2 Å². The van der Waals surface area contributed by atoms with E-state index in [1.54, 1.807) is 24.4 Å². The molecule has 0 aliphatic heterocycles. The maximum Gasteiger partial charge on any atom is 0.277 e. The number of carbonyl (C=O) groups is 1. The molecule has 0 aliphatic rings. The first kappa shape index (κ1) is 27.1. The maximum absolute atomic E-state index is 12.3. The largest absolute Gasteiger partial charge is 0.482 e. The molecular weight excluding hydrogens is 581 g/mol. The van der Waals surface area contributed by atoms with Gasteiger partial charge in [0.1, 0.15) is 5.75 Å². The predicted molar refractivity (Wildman–Crippen MR) is 154 cm³/mol. The quantitative estimate of drug-likeness (QED) is 0.107. The Kier molecular flexibility index (Phi) is 8.73. The van der Waals surface area contributed by atoms with Crippen molar-refractivity contribution in [3.8, 4) is 5.75 Å². The van der Waals surface area contributed by atoms with E-state index >= 15 is 0 Å². The number of fused-ring (bicyclic) bond motifs is 1. The normalized spacial score (nSPS) is 11.4. The highest BCUT2D eigenvalue weighted by Crippen LogP contribution is 2.28. The van der Waals surface area contributed by atoms with Crippen LogP contribution in [-0.4, -0.2) is 32.6 Å². The lowest BCUT2D eigenvalue weighted by Gasteiger charge is -2.05. The van der Waals surface area contributed by atoms with E-state index in [-0.39, 0.29) is 29.4 Å². The van der Waals surface area contributed by atoms with Crippen molar-refractivity contribution in [2.24, 2.45) is 5.10 Å². The minimum absolute atomic E-state index is 0.0248. The molecular formula is C27H20Cl3N5O3S. The molecule has 2 aromatic heterocycles. The van der Waals surface area contributed by atoms with Crippen LogP contribution in [0, 0.1) is 0 Å². The summed E-state index contributed by atoms with van der Waals surface area (Å²) in [6.07, 6.45) is 3.64. The van der Waals surface area contributed by atoms with Crippen LogP contribution in [0.15, 0.2) is 87.7 Å². The summed E-state index contributed by atoms with van der Waals surface area (Å²) in [5.41, 5.74) is 5.61. The molecule has 0 aliphatic carbocycles. The summed E-state index contributed by atoms with van der Waals surface area (Å²) < 4.78 is 13.2. The predicted octanol–water partition coefficient (Wildman–Crippen LogP) is 6.85. The number of thioether (sulfide) groups is 1. The van der Waals surface area contributed by atoms with Crippen molar-refractivity contribution in [1.29, 1.82) is 0 Å². The summed E-state index contributed by atoms with van der Waals surface area (Å²) in [4.78, 5) is 12.3. The lowest BCUT2D eigenvalue weighted by molar-refractivity contribution is -0.118. The van der Waals surface area contributed by atoms with Gasteiger partial charge in [-0.3, -0.25) is 4.79 Å². The van der Waals surface area contributed by atoms with Crippen molar-refractivity contribution in [1.82, 2.24) is 20.2 Å². The molecule has 0 atom stereocenters. The SMILES string of the molecule is O=C(CSc1nnc(COc2ccc(Cl)cc2Cl)o1)N/N=C\c1cn(Cc2ccc(Cl)cc2)c2ccccc12. The van der Waals surface area contributed by atoms with Crippen LogP contribution in [0.3, 0.4) is 0 Å². The number of hydrogen-bond acceptors (Lipinski definition) is 7. The van der Waals surface area contributed by atoms with Crippen molar-refractivity contribution in [2.45, 2.75) is 18.4 Å². The fraction of sp³-hybridized carbons (Fsp3) is 0.111. The van der Waals surface area contributed by atoms with Crippen LogP contribution in [0.5, 0.6) is 5.75 Å². The number of amides is 1. The highest BCUT2D eigenvalue weighted by molar-refractivity contribution is 7.99. The zero-order valence-corrected chi connectivity index (χ0v) is 23.3. The second-order valence-corrected chi connectivity index (χ2v) is 10.5. The summed E-state index contributed by atoms with van der Waals surface area (Å²) in [7, 11) is 0. The van der Waals surface area contributed by atoms with Crippen molar-refractivity contribution in [2.75, 3.05) is 5.75 Å². The smallest absolute Gasteiger partial charge is 0.277 e. The molecule has 0 unspecified atom stereocenters. The van der Waals surface area contributed by atoms with Gasteiger partial charge in [0.15, 0.2) is 6.61 Å². The van der Waals surface area contributed by atoms with Gasteiger partial charge >= 0.3 is 0 Å². The second-order valence-electron chi connectivity index (χ2n) is 8.26. The Hall–Kier alpha value is -3.50. The highest BCUT2D eigenvalue weighted by atomic mass is 35.5. The molecule has 0 bridgehead atoms. The Balaban J connectivity index is 1.14. The first-order valence-corrected chi connectivity index (χ1v) is 13.7. The maximum atomic E-state index is 12.3. The van der Waals surface area contributed by atoms with Crippen molar-refractivity contribution >= 4 is 69.6 Å². The van der Waals surface area contributed by atoms with Crippen LogP contribution in [0.2, 0.25) is 15.1 Å². The fourth-order valence-corrected chi connectivity index (χ4v) is 4.88. The van der Waals surface area contributed by atoms with Crippen LogP contribution in [0.25, 0.3) is 10.9 Å². The molecule has 5 rings (SSSR count). The van der Waals surface area contributed by atoms with Crippen molar-refractivity contribution in [3.05, 3.63) is 105 Å². The summed E-state index contributed by atoms with van der Waals surface area (Å²) in [5, 5.41) is 14.8. The fourth-order valence-electron chi connectivity index (χ4n) is 3.72. The van der Waals surface area contributed by atoms with E-state index in [9.17, 15) is 4.79 Å². The average Bonchev–Trinajstić information content (AvgIpc) is 3.53. The number of para-hydroxylation sites is 1. The molecule has 12 heteroatoms. The van der Waals surface area contributed by atoms with Gasteiger partial charge in [-0.15, -0.1) is 10.2 Å². The van der Waals surface area contributed by atoms with E-state index in [1.165, 1.54) is 0 Å². The number of ether oxygens (including phenoxy) is 1. The number of carbonyl (C=O) groups excluding carboxylic acids is 1. The Bertz CT molecular complexity index is 1640. The molecule has 8 nitrogen and oxygen atoms in total. The standard InChI is InChI=1S/C27H20Cl3N5O3S/c28-19-7-5-17(6-8-19)13-35-14-18(21-3-1-2-4-23(21)35)12-31-32-25(36)16-39-27-34-33-26(38-27)15-37-24-10-9-20(29)11-22(24)30/h1-12,14H,13,15-16H2,(H,32,36)/b31-12-. The summed E-state index contributed by atoms with van der Waals surface area (Å²) in [6.45, 7) is 0.704. The number of rotatable bonds is 10. The van der Waals surface area contributed by atoms with E-state index in [2.05, 4.69) is 25.3 Å². The van der Waals surface area contributed by atoms with Gasteiger partial charge in [0.2, 0.25) is 0 Å². The van der Waals surface area contributed by atoms with E-state index in [0.717, 1.165) is 33.8 Å². The monoisotopic (exact) mass is 599 g/mol. The van der Waals surface area contributed by atoms with Gasteiger partial charge in [0, 0.05) is 39.3 Å². The molecule has 3 aromatic carbocycles. The molecule has 1 amide bonds. The van der Waals surface area contributed by atoms with E-state index in [0.29, 0.717) is 27.4 Å². The van der Waals surface area contributed by atoms with Crippen LogP contribution in [0.4, 0.5) is 0 Å². The lowest BCUT2D eigenvalue weighted by atomic mass is 10.2. The molecule has 0 fully saturated rings. The number of halogens is 3. The molecule has 0 spiro atoms. The third-order valence-corrected chi connectivity index (χ3v) is 7.10. The van der Waals surface area contributed by atoms with E-state index < -0.39 is 0 Å². The van der Waals surface area contributed by atoms with E-state index in [4.69, 9.17) is 44.0 Å². The molecule has 0 saturated carbocycles. The molecule has 0 saturated heterocycles. The topological polar surface area (TPSA) is 94.5 Å². The van der Waals surface area contributed by atoms with E-state index in [1.807, 2.05) is 54.7 Å². The van der Waals surface area contributed by atoms with Gasteiger partial charge in [-0.25, -0.2) is 5.43 Å². The zero-order chi connectivity index (χ0) is 27.2. The van der Waals surface area contributed by atoms with Gasteiger partial charge in [-0.1, -0.05) is 76.9 Å². The first-order valence-electron chi connectivity index (χ1n) is 11.6. The summed E-state index contributed by atoms with van der Waals surface area (Å²) in [6, 6.07) is 20.7. The lowest BCUT2D eigenvalue weighted by Crippen LogP contribution is -2.19. The Labute approximate surface area is 242 Å². The van der Waals surface area contributed by atoms with Crippen molar-refractivity contribution < 1.29 is 13.9 Å². The van der Waals surface area contributed by atoms with Crippen molar-refractivity contribution in [3.63, 3.8) is 0 Å². The average molecular weight is 601 g/mol. The number of nitrogens with one attached hydrogen (secondary N) is 1. The first-order chi connectivity index (χ1) is 18.9. The molecule has 5 aromatic rings. The zero-order valence-electron chi connectivity index (χ0n) is 20.2. The van der Waals surface area contributed by atoms with Gasteiger partial charge in [0.25, 0.3) is 17.0 Å². The number of hydrogen-bond donors (Lipinski definition) is 1. The molecule has 1 N–H and O–H groups in total. The Morgan fingerprint density at radius 3 is 2.67 bits per heavy atom. The second kappa shape index (κ2) is 12.6. The molecule has 0 radical (unpaired) electrons. The Morgan fingerprint density at radius 2 is 1.85 bits per heavy atom. The number of hydrazone groups is 1. The minimum Gasteiger partial charge on any atom is -0.482 e. The molecule has 198 valence electrons. The van der Waals surface area contributed by atoms with Gasteiger partial charge in [-0.2, -0.15) is 5.10 Å². The third kappa shape index (κ3) is 7.13. The highest BCUT2D eigenvalue weighted by Gasteiger charge is 2.12. The number of nitrogens with zero attached hydrogens (tertiary/aromatic N) is 4. The third-order valence-electron chi connectivity index (χ3n) is 5.50.